The van der Waals surface area contributed by atoms with Gasteiger partial charge in [0, 0.05) is 26.2 Å². The van der Waals surface area contributed by atoms with Gasteiger partial charge in [0.15, 0.2) is 15.8 Å². The first-order valence-electron chi connectivity index (χ1n) is 10.3. The molecule has 0 amide bonds. The minimum atomic E-state index is -3.06. The topological polar surface area (TPSA) is 65.0 Å². The van der Waals surface area contributed by atoms with Crippen LogP contribution in [0.5, 0.6) is 0 Å². The quantitative estimate of drug-likeness (QED) is 0.330. The molecular formula is C21H37IN4O2S. The lowest BCUT2D eigenvalue weighted by Crippen LogP contribution is -2.57. The summed E-state index contributed by atoms with van der Waals surface area (Å²) in [7, 11) is -3.06. The molecule has 1 fully saturated rings. The zero-order valence-electron chi connectivity index (χ0n) is 18.4. The molecule has 1 saturated heterocycles. The van der Waals surface area contributed by atoms with E-state index >= 15 is 0 Å². The maximum atomic E-state index is 12.3. The summed E-state index contributed by atoms with van der Waals surface area (Å²) in [4.78, 5) is 9.23. The van der Waals surface area contributed by atoms with Gasteiger partial charge in [0.05, 0.1) is 17.0 Å². The van der Waals surface area contributed by atoms with E-state index < -0.39 is 14.6 Å². The van der Waals surface area contributed by atoms with E-state index in [1.165, 1.54) is 5.56 Å². The molecule has 0 spiro atoms. The monoisotopic (exact) mass is 536 g/mol. The van der Waals surface area contributed by atoms with Crippen molar-refractivity contribution in [2.24, 2.45) is 4.99 Å². The molecule has 6 nitrogen and oxygen atoms in total. The van der Waals surface area contributed by atoms with Crippen LogP contribution in [-0.2, 0) is 22.9 Å². The fourth-order valence-electron chi connectivity index (χ4n) is 3.37. The minimum absolute atomic E-state index is 0. The molecule has 166 valence electrons. The summed E-state index contributed by atoms with van der Waals surface area (Å²) in [6, 6.07) is 8.62. The van der Waals surface area contributed by atoms with Crippen LogP contribution in [-0.4, -0.2) is 67.4 Å². The molecule has 0 saturated carbocycles. The highest BCUT2D eigenvalue weighted by atomic mass is 127. The smallest absolute Gasteiger partial charge is 0.194 e. The van der Waals surface area contributed by atoms with Crippen molar-refractivity contribution in [3.8, 4) is 0 Å². The van der Waals surface area contributed by atoms with Crippen molar-refractivity contribution < 1.29 is 8.42 Å². The fourth-order valence-corrected chi connectivity index (χ4v) is 4.74. The molecule has 0 radical (unpaired) electrons. The summed E-state index contributed by atoms with van der Waals surface area (Å²) in [5.74, 6) is 0.961. The van der Waals surface area contributed by atoms with Gasteiger partial charge in [-0.2, -0.15) is 0 Å². The normalized spacial score (nSPS) is 18.4. The number of hydrogen-bond donors (Lipinski definition) is 1. The SMILES string of the molecule is CCNC(=NCc1ccc(CN(CC)CC)cc1)N1CCS(=O)(=O)C(C)(C)C1.I. The molecule has 1 aliphatic rings. The van der Waals surface area contributed by atoms with Crippen molar-refractivity contribution in [2.45, 2.75) is 52.5 Å². The van der Waals surface area contributed by atoms with Crippen LogP contribution in [0.1, 0.15) is 45.7 Å². The van der Waals surface area contributed by atoms with Gasteiger partial charge < -0.3 is 10.2 Å². The molecule has 1 heterocycles. The molecule has 0 bridgehead atoms. The molecule has 8 heteroatoms. The molecular weight excluding hydrogens is 499 g/mol. The Morgan fingerprint density at radius 2 is 1.72 bits per heavy atom. The molecule has 1 N–H and O–H groups in total. The van der Waals surface area contributed by atoms with Crippen molar-refractivity contribution in [3.63, 3.8) is 0 Å². The molecule has 0 atom stereocenters. The van der Waals surface area contributed by atoms with E-state index in [1.54, 1.807) is 13.8 Å². The van der Waals surface area contributed by atoms with E-state index in [1.807, 2.05) is 6.92 Å². The van der Waals surface area contributed by atoms with E-state index in [-0.39, 0.29) is 29.7 Å². The van der Waals surface area contributed by atoms with E-state index in [0.717, 1.165) is 37.7 Å². The molecule has 0 unspecified atom stereocenters. The number of rotatable bonds is 7. The number of halogens is 1. The van der Waals surface area contributed by atoms with Gasteiger partial charge >= 0.3 is 0 Å². The summed E-state index contributed by atoms with van der Waals surface area (Å²) in [5.41, 5.74) is 2.47. The van der Waals surface area contributed by atoms with E-state index in [2.05, 4.69) is 53.2 Å². The Kier molecular flexibility index (Phi) is 10.4. The van der Waals surface area contributed by atoms with Gasteiger partial charge in [0.2, 0.25) is 0 Å². The lowest BCUT2D eigenvalue weighted by molar-refractivity contribution is 0.296. The van der Waals surface area contributed by atoms with Crippen LogP contribution < -0.4 is 5.32 Å². The highest BCUT2D eigenvalue weighted by Gasteiger charge is 2.40. The van der Waals surface area contributed by atoms with E-state index in [0.29, 0.717) is 19.6 Å². The Bertz CT molecular complexity index is 759. The Labute approximate surface area is 194 Å². The average Bonchev–Trinajstić information content (AvgIpc) is 2.66. The first-order chi connectivity index (χ1) is 13.2. The van der Waals surface area contributed by atoms with Gasteiger partial charge in [0.25, 0.3) is 0 Å². The number of sulfone groups is 1. The van der Waals surface area contributed by atoms with Gasteiger partial charge in [-0.25, -0.2) is 13.4 Å². The second kappa shape index (κ2) is 11.5. The highest BCUT2D eigenvalue weighted by Crippen LogP contribution is 2.23. The van der Waals surface area contributed by atoms with Crippen molar-refractivity contribution in [3.05, 3.63) is 35.4 Å². The first-order valence-corrected chi connectivity index (χ1v) is 11.9. The number of nitrogens with zero attached hydrogens (tertiary/aromatic N) is 3. The third-order valence-corrected chi connectivity index (χ3v) is 7.95. The number of benzene rings is 1. The largest absolute Gasteiger partial charge is 0.357 e. The molecule has 1 aromatic rings. The Morgan fingerprint density at radius 1 is 1.14 bits per heavy atom. The van der Waals surface area contributed by atoms with Crippen molar-refractivity contribution >= 4 is 39.8 Å². The van der Waals surface area contributed by atoms with Crippen molar-refractivity contribution in [2.75, 3.05) is 38.5 Å². The number of hydrogen-bond acceptors (Lipinski definition) is 4. The lowest BCUT2D eigenvalue weighted by atomic mass is 10.1. The molecule has 29 heavy (non-hydrogen) atoms. The number of aliphatic imine (C=N–C) groups is 1. The minimum Gasteiger partial charge on any atom is -0.357 e. The number of guanidine groups is 1. The predicted octanol–water partition coefficient (Wildman–Crippen LogP) is 3.12. The zero-order valence-corrected chi connectivity index (χ0v) is 21.6. The summed E-state index contributed by atoms with van der Waals surface area (Å²) < 4.78 is 23.8. The summed E-state index contributed by atoms with van der Waals surface area (Å²) in [5, 5.41) is 3.31. The van der Waals surface area contributed by atoms with Gasteiger partial charge in [0.1, 0.15) is 0 Å². The molecule has 2 rings (SSSR count). The number of nitrogens with one attached hydrogen (secondary N) is 1. The van der Waals surface area contributed by atoms with E-state index in [9.17, 15) is 8.42 Å². The summed E-state index contributed by atoms with van der Waals surface area (Å²) >= 11 is 0. The summed E-state index contributed by atoms with van der Waals surface area (Å²) in [6.45, 7) is 15.4. The van der Waals surface area contributed by atoms with Crippen molar-refractivity contribution in [1.82, 2.24) is 15.1 Å². The fraction of sp³-hybridized carbons (Fsp3) is 0.667. The molecule has 0 aliphatic carbocycles. The second-order valence-corrected chi connectivity index (χ2v) is 10.7. The maximum Gasteiger partial charge on any atom is 0.194 e. The van der Waals surface area contributed by atoms with Crippen LogP contribution in [0.2, 0.25) is 0 Å². The van der Waals surface area contributed by atoms with Gasteiger partial charge in [-0.3, -0.25) is 4.90 Å². The second-order valence-electron chi connectivity index (χ2n) is 7.95. The molecule has 0 aromatic heterocycles. The Morgan fingerprint density at radius 3 is 2.24 bits per heavy atom. The highest BCUT2D eigenvalue weighted by molar-refractivity contribution is 14.0. The standard InChI is InChI=1S/C21H36N4O2S.HI/c1-6-22-20(25-13-14-28(26,27)21(4,5)17-25)23-15-18-9-11-19(12-10-18)16-24(7-2)8-3;/h9-12H,6-8,13-17H2,1-5H3,(H,22,23);1H. The third kappa shape index (κ3) is 7.10. The van der Waals surface area contributed by atoms with Gasteiger partial charge in [-0.15, -0.1) is 24.0 Å². The van der Waals surface area contributed by atoms with Crippen LogP contribution in [0, 0.1) is 0 Å². The van der Waals surface area contributed by atoms with Crippen molar-refractivity contribution in [1.29, 1.82) is 0 Å². The Hall–Kier alpha value is -0.870. The first kappa shape index (κ1) is 26.2. The molecule has 1 aliphatic heterocycles. The average molecular weight is 537 g/mol. The zero-order chi connectivity index (χ0) is 20.8. The van der Waals surface area contributed by atoms with Crippen LogP contribution >= 0.6 is 24.0 Å². The predicted molar refractivity (Wildman–Crippen MR) is 133 cm³/mol. The van der Waals surface area contributed by atoms with Gasteiger partial charge in [-0.1, -0.05) is 38.1 Å². The lowest BCUT2D eigenvalue weighted by Gasteiger charge is -2.39. The maximum absolute atomic E-state index is 12.3. The van der Waals surface area contributed by atoms with Gasteiger partial charge in [-0.05, 0) is 45.0 Å². The Balaban J connectivity index is 0.00000420. The summed E-state index contributed by atoms with van der Waals surface area (Å²) in [6.07, 6.45) is 0. The third-order valence-electron chi connectivity index (χ3n) is 5.41. The van der Waals surface area contributed by atoms with Crippen LogP contribution in [0.3, 0.4) is 0 Å². The van der Waals surface area contributed by atoms with Crippen LogP contribution in [0.15, 0.2) is 29.3 Å². The van der Waals surface area contributed by atoms with Crippen LogP contribution in [0.25, 0.3) is 0 Å². The van der Waals surface area contributed by atoms with Crippen LogP contribution in [0.4, 0.5) is 0 Å². The molecule has 1 aromatic carbocycles. The van der Waals surface area contributed by atoms with E-state index in [4.69, 9.17) is 4.99 Å².